The molecule has 0 saturated carbocycles. The molecule has 0 unspecified atom stereocenters. The van der Waals surface area contributed by atoms with Gasteiger partial charge in [0.2, 0.25) is 0 Å². The Hall–Kier alpha value is -5.79. The van der Waals surface area contributed by atoms with Gasteiger partial charge in [-0.3, -0.25) is 0 Å². The van der Waals surface area contributed by atoms with Gasteiger partial charge in [0.25, 0.3) is 0 Å². The van der Waals surface area contributed by atoms with Gasteiger partial charge in [0, 0.05) is 27.2 Å². The molecule has 1 nitrogen and oxygen atoms in total. The fraction of sp³-hybridized carbons (Fsp3) is 0.157. The molecule has 0 radical (unpaired) electrons. The predicted octanol–water partition coefficient (Wildman–Crippen LogP) is 13.6. The minimum atomic E-state index is -0.0803. The predicted molar refractivity (Wildman–Crippen MR) is 220 cm³/mol. The van der Waals surface area contributed by atoms with Crippen molar-refractivity contribution in [1.82, 2.24) is 4.98 Å². The molecule has 8 aromatic rings. The lowest BCUT2D eigenvalue weighted by molar-refractivity contribution is 0.660. The van der Waals surface area contributed by atoms with Crippen molar-refractivity contribution in [1.29, 1.82) is 0 Å². The van der Waals surface area contributed by atoms with Crippen LogP contribution in [-0.2, 0) is 10.8 Å². The molecule has 52 heavy (non-hydrogen) atoms. The maximum Gasteiger partial charge on any atom is 0.0794 e. The van der Waals surface area contributed by atoms with Gasteiger partial charge in [0.1, 0.15) is 0 Å². The lowest BCUT2D eigenvalue weighted by Gasteiger charge is -2.22. The topological polar surface area (TPSA) is 12.9 Å². The number of hydrogen-bond acceptors (Lipinski definition) is 1. The summed E-state index contributed by atoms with van der Waals surface area (Å²) in [6.07, 6.45) is 0. The molecule has 0 fully saturated rings. The van der Waals surface area contributed by atoms with Gasteiger partial charge in [-0.15, -0.1) is 0 Å². The lowest BCUT2D eigenvalue weighted by Crippen LogP contribution is -2.15. The highest BCUT2D eigenvalue weighted by atomic mass is 14.7. The van der Waals surface area contributed by atoms with E-state index in [0.717, 1.165) is 16.8 Å². The van der Waals surface area contributed by atoms with Crippen molar-refractivity contribution in [2.75, 3.05) is 0 Å². The minimum absolute atomic E-state index is 0.0680. The number of nitrogens with zero attached hydrogens (tertiary/aromatic N) is 1. The molecule has 0 bridgehead atoms. The molecule has 0 aliphatic heterocycles. The largest absolute Gasteiger partial charge is 0.247 e. The van der Waals surface area contributed by atoms with Crippen molar-refractivity contribution >= 4 is 21.7 Å². The van der Waals surface area contributed by atoms with Gasteiger partial charge in [0.05, 0.1) is 11.2 Å². The summed E-state index contributed by atoms with van der Waals surface area (Å²) in [7, 11) is 0. The Kier molecular flexibility index (Phi) is 6.47. The summed E-state index contributed by atoms with van der Waals surface area (Å²) in [6.45, 7) is 13.8. The van der Waals surface area contributed by atoms with Crippen LogP contribution in [0, 0.1) is 13.8 Å². The first kappa shape index (κ1) is 31.0. The van der Waals surface area contributed by atoms with E-state index in [9.17, 15) is 0 Å². The number of fused-ring (bicyclic) bond motifs is 9. The van der Waals surface area contributed by atoms with Gasteiger partial charge in [-0.2, -0.15) is 0 Å². The van der Waals surface area contributed by atoms with Crippen molar-refractivity contribution in [3.05, 3.63) is 173 Å². The molecular formula is C51H41N. The number of benzene rings is 7. The zero-order valence-corrected chi connectivity index (χ0v) is 30.7. The molecule has 7 aromatic carbocycles. The average Bonchev–Trinajstić information content (AvgIpc) is 3.54. The summed E-state index contributed by atoms with van der Waals surface area (Å²) >= 11 is 0. The van der Waals surface area contributed by atoms with Gasteiger partial charge in [-0.1, -0.05) is 143 Å². The Morgan fingerprint density at radius 3 is 1.52 bits per heavy atom. The van der Waals surface area contributed by atoms with Crippen molar-refractivity contribution in [3.8, 4) is 55.8 Å². The second kappa shape index (κ2) is 10.9. The van der Waals surface area contributed by atoms with Crippen LogP contribution in [0.25, 0.3) is 77.4 Å². The van der Waals surface area contributed by atoms with Crippen LogP contribution < -0.4 is 0 Å². The first-order chi connectivity index (χ1) is 25.1. The van der Waals surface area contributed by atoms with Crippen LogP contribution in [0.15, 0.2) is 140 Å². The molecular weight excluding hydrogens is 627 g/mol. The summed E-state index contributed by atoms with van der Waals surface area (Å²) in [5.74, 6) is 0. The molecule has 0 spiro atoms. The highest BCUT2D eigenvalue weighted by molar-refractivity contribution is 6.16. The zero-order valence-electron chi connectivity index (χ0n) is 30.7. The van der Waals surface area contributed by atoms with Gasteiger partial charge in [-0.05, 0) is 121 Å². The monoisotopic (exact) mass is 667 g/mol. The third-order valence-corrected chi connectivity index (χ3v) is 12.4. The van der Waals surface area contributed by atoms with E-state index in [0.29, 0.717) is 0 Å². The Balaban J connectivity index is 1.23. The van der Waals surface area contributed by atoms with Crippen molar-refractivity contribution in [2.24, 2.45) is 0 Å². The molecule has 0 saturated heterocycles. The second-order valence-corrected chi connectivity index (χ2v) is 16.1. The summed E-state index contributed by atoms with van der Waals surface area (Å²) < 4.78 is 0. The standard InChI is InChI=1S/C51H41N/c1-30-19-20-32(25-31(30)2)42-29-48(34-22-24-39-37-15-10-12-18-45(37)51(5,6)47(39)27-34)52-49-40-16-8-7-13-35(40)41(28-43(42)49)33-21-23-38-36-14-9-11-17-44(36)50(3,4)46(38)26-33/h7-29H,1-6H3. The van der Waals surface area contributed by atoms with Gasteiger partial charge < -0.3 is 0 Å². The summed E-state index contributed by atoms with van der Waals surface area (Å²) in [5, 5.41) is 3.58. The zero-order chi connectivity index (χ0) is 35.5. The van der Waals surface area contributed by atoms with E-state index >= 15 is 0 Å². The fourth-order valence-corrected chi connectivity index (χ4v) is 9.32. The summed E-state index contributed by atoms with van der Waals surface area (Å²) in [4.78, 5) is 5.56. The Bertz CT molecular complexity index is 2810. The molecule has 1 heterocycles. The van der Waals surface area contributed by atoms with Crippen molar-refractivity contribution in [3.63, 3.8) is 0 Å². The molecule has 1 heteroatoms. The smallest absolute Gasteiger partial charge is 0.0794 e. The molecule has 2 aliphatic carbocycles. The first-order valence-corrected chi connectivity index (χ1v) is 18.5. The number of hydrogen-bond donors (Lipinski definition) is 0. The highest BCUT2D eigenvalue weighted by Gasteiger charge is 2.36. The molecule has 1 aromatic heterocycles. The van der Waals surface area contributed by atoms with E-state index in [1.807, 2.05) is 0 Å². The van der Waals surface area contributed by atoms with Gasteiger partial charge in [0.15, 0.2) is 0 Å². The minimum Gasteiger partial charge on any atom is -0.247 e. The number of rotatable bonds is 3. The third kappa shape index (κ3) is 4.32. The van der Waals surface area contributed by atoms with Crippen LogP contribution in [0.3, 0.4) is 0 Å². The van der Waals surface area contributed by atoms with E-state index in [1.54, 1.807) is 0 Å². The number of aromatic nitrogens is 1. The Morgan fingerprint density at radius 1 is 0.365 bits per heavy atom. The van der Waals surface area contributed by atoms with Crippen molar-refractivity contribution < 1.29 is 0 Å². The average molecular weight is 668 g/mol. The summed E-state index contributed by atoms with van der Waals surface area (Å²) in [6, 6.07) is 52.4. The molecule has 0 N–H and O–H groups in total. The number of pyridine rings is 1. The van der Waals surface area contributed by atoms with Crippen LogP contribution in [0.5, 0.6) is 0 Å². The summed E-state index contributed by atoms with van der Waals surface area (Å²) in [5.41, 5.74) is 21.5. The van der Waals surface area contributed by atoms with Crippen molar-refractivity contribution in [2.45, 2.75) is 52.4 Å². The van der Waals surface area contributed by atoms with E-state index in [1.165, 1.54) is 94.0 Å². The van der Waals surface area contributed by atoms with E-state index < -0.39 is 0 Å². The van der Waals surface area contributed by atoms with E-state index in [4.69, 9.17) is 4.98 Å². The Morgan fingerprint density at radius 2 is 0.865 bits per heavy atom. The van der Waals surface area contributed by atoms with Crippen LogP contribution in [0.4, 0.5) is 0 Å². The molecule has 250 valence electrons. The second-order valence-electron chi connectivity index (χ2n) is 16.1. The fourth-order valence-electron chi connectivity index (χ4n) is 9.32. The van der Waals surface area contributed by atoms with Crippen LogP contribution in [0.2, 0.25) is 0 Å². The van der Waals surface area contributed by atoms with Gasteiger partial charge in [-0.25, -0.2) is 4.98 Å². The normalized spacial score (nSPS) is 14.7. The molecule has 10 rings (SSSR count). The van der Waals surface area contributed by atoms with E-state index in [2.05, 4.69) is 181 Å². The molecule has 0 amide bonds. The Labute approximate surface area is 306 Å². The molecule has 0 atom stereocenters. The van der Waals surface area contributed by atoms with Gasteiger partial charge >= 0.3 is 0 Å². The maximum atomic E-state index is 5.56. The highest BCUT2D eigenvalue weighted by Crippen LogP contribution is 2.52. The lowest BCUT2D eigenvalue weighted by atomic mass is 9.81. The number of aryl methyl sites for hydroxylation is 2. The van der Waals surface area contributed by atoms with Crippen LogP contribution in [0.1, 0.15) is 61.1 Å². The first-order valence-electron chi connectivity index (χ1n) is 18.5. The van der Waals surface area contributed by atoms with E-state index in [-0.39, 0.29) is 10.8 Å². The third-order valence-electron chi connectivity index (χ3n) is 12.4. The van der Waals surface area contributed by atoms with Crippen LogP contribution >= 0.6 is 0 Å². The maximum absolute atomic E-state index is 5.56. The quantitative estimate of drug-likeness (QED) is 0.171. The van der Waals surface area contributed by atoms with Crippen LogP contribution in [-0.4, -0.2) is 4.98 Å². The molecule has 2 aliphatic rings. The SMILES string of the molecule is Cc1ccc(-c2cc(-c3ccc4c(c3)C(C)(C)c3ccccc3-4)nc3c2cc(-c2ccc4c(c2)C(C)(C)c2ccccc2-4)c2ccccc23)cc1C.